The van der Waals surface area contributed by atoms with Gasteiger partial charge in [0.25, 0.3) is 0 Å². The van der Waals surface area contributed by atoms with Crippen LogP contribution < -0.4 is 5.32 Å². The number of nitrogens with zero attached hydrogens (tertiary/aromatic N) is 1. The predicted molar refractivity (Wildman–Crippen MR) is 73.3 cm³/mol. The van der Waals surface area contributed by atoms with Crippen molar-refractivity contribution in [1.82, 2.24) is 15.3 Å². The van der Waals surface area contributed by atoms with Gasteiger partial charge < -0.3 is 15.4 Å². The normalized spacial score (nSPS) is 22.4. The van der Waals surface area contributed by atoms with Gasteiger partial charge in [-0.25, -0.2) is 18.2 Å². The first kappa shape index (κ1) is 15.5. The number of imidazole rings is 1. The number of hydrogen-bond donors (Lipinski definition) is 3. The molecule has 1 unspecified atom stereocenters. The quantitative estimate of drug-likeness (QED) is 0.671. The van der Waals surface area contributed by atoms with Crippen LogP contribution in [0.3, 0.4) is 0 Å². The Morgan fingerprint density at radius 3 is 2.81 bits per heavy atom. The van der Waals surface area contributed by atoms with Gasteiger partial charge in [0.2, 0.25) is 5.91 Å². The molecule has 1 aromatic heterocycles. The number of carbonyl (C=O) groups is 2. The highest BCUT2D eigenvalue weighted by Crippen LogP contribution is 2.19. The van der Waals surface area contributed by atoms with Gasteiger partial charge in [0, 0.05) is 18.3 Å². The highest BCUT2D eigenvalue weighted by atomic mass is 32.2. The SMILES string of the molecule is O=C(N[C@H](Cc1cnc[nH]1)C(=O)O)C1CCCCS1(=O)=O. The molecule has 1 aromatic rings. The number of carbonyl (C=O) groups excluding carboxylic acids is 1. The van der Waals surface area contributed by atoms with Crippen molar-refractivity contribution in [3.63, 3.8) is 0 Å². The Labute approximate surface area is 121 Å². The van der Waals surface area contributed by atoms with E-state index < -0.39 is 33.0 Å². The first-order valence-electron chi connectivity index (χ1n) is 6.62. The second-order valence-electron chi connectivity index (χ2n) is 5.03. The maximum absolute atomic E-state index is 12.1. The molecule has 1 aliphatic rings. The topological polar surface area (TPSA) is 129 Å². The number of aliphatic carboxylic acids is 1. The van der Waals surface area contributed by atoms with E-state index in [9.17, 15) is 18.0 Å². The lowest BCUT2D eigenvalue weighted by Crippen LogP contribution is -2.50. The zero-order chi connectivity index (χ0) is 15.5. The van der Waals surface area contributed by atoms with Crippen LogP contribution in [0, 0.1) is 0 Å². The van der Waals surface area contributed by atoms with Crippen LogP contribution in [0.15, 0.2) is 12.5 Å². The fourth-order valence-electron chi connectivity index (χ4n) is 2.33. The fraction of sp³-hybridized carbons (Fsp3) is 0.583. The Bertz CT molecular complexity index is 611. The van der Waals surface area contributed by atoms with E-state index in [4.69, 9.17) is 5.11 Å². The molecule has 0 radical (unpaired) electrons. The minimum absolute atomic E-state index is 0.0217. The molecule has 2 atom stereocenters. The molecule has 1 fully saturated rings. The van der Waals surface area contributed by atoms with Gasteiger partial charge in [-0.1, -0.05) is 6.42 Å². The Hall–Kier alpha value is -1.90. The van der Waals surface area contributed by atoms with E-state index in [1.807, 2.05) is 0 Å². The minimum atomic E-state index is -3.48. The highest BCUT2D eigenvalue weighted by Gasteiger charge is 2.36. The van der Waals surface area contributed by atoms with Crippen molar-refractivity contribution in [2.24, 2.45) is 0 Å². The Kier molecular flexibility index (Phi) is 4.61. The first-order valence-corrected chi connectivity index (χ1v) is 8.33. The molecular weight excluding hydrogens is 298 g/mol. The van der Waals surface area contributed by atoms with Crippen molar-refractivity contribution in [2.45, 2.75) is 37.0 Å². The van der Waals surface area contributed by atoms with Crippen molar-refractivity contribution < 1.29 is 23.1 Å². The molecule has 116 valence electrons. The summed E-state index contributed by atoms with van der Waals surface area (Å²) in [6.45, 7) is 0. The van der Waals surface area contributed by atoms with Crippen LogP contribution in [0.25, 0.3) is 0 Å². The molecule has 8 nitrogen and oxygen atoms in total. The summed E-state index contributed by atoms with van der Waals surface area (Å²) in [6, 6.07) is -1.19. The van der Waals surface area contributed by atoms with E-state index >= 15 is 0 Å². The number of aromatic amines is 1. The van der Waals surface area contributed by atoms with Crippen LogP contribution in [0.5, 0.6) is 0 Å². The maximum Gasteiger partial charge on any atom is 0.326 e. The lowest BCUT2D eigenvalue weighted by Gasteiger charge is -2.23. The van der Waals surface area contributed by atoms with Crippen molar-refractivity contribution >= 4 is 21.7 Å². The van der Waals surface area contributed by atoms with Crippen LogP contribution in [0.2, 0.25) is 0 Å². The fourth-order valence-corrected chi connectivity index (χ4v) is 4.14. The summed E-state index contributed by atoms with van der Waals surface area (Å²) in [5.74, 6) is -1.98. The molecule has 3 N–H and O–H groups in total. The molecule has 0 saturated carbocycles. The monoisotopic (exact) mass is 315 g/mol. The van der Waals surface area contributed by atoms with E-state index in [2.05, 4.69) is 15.3 Å². The number of amides is 1. The number of hydrogen-bond acceptors (Lipinski definition) is 5. The summed E-state index contributed by atoms with van der Waals surface area (Å²) in [4.78, 5) is 29.8. The molecular formula is C12H17N3O5S. The number of carboxylic acid groups (broad SMARTS) is 1. The van der Waals surface area contributed by atoms with Crippen molar-refractivity contribution in [3.8, 4) is 0 Å². The van der Waals surface area contributed by atoms with Gasteiger partial charge in [-0.05, 0) is 12.8 Å². The molecule has 0 bridgehead atoms. The van der Waals surface area contributed by atoms with E-state index in [1.165, 1.54) is 12.5 Å². The first-order chi connectivity index (χ1) is 9.90. The number of aromatic nitrogens is 2. The van der Waals surface area contributed by atoms with Crippen LogP contribution in [-0.2, 0) is 25.8 Å². The summed E-state index contributed by atoms with van der Waals surface area (Å²) < 4.78 is 23.7. The highest BCUT2D eigenvalue weighted by molar-refractivity contribution is 7.92. The smallest absolute Gasteiger partial charge is 0.326 e. The third-order valence-electron chi connectivity index (χ3n) is 3.46. The lowest BCUT2D eigenvalue weighted by molar-refractivity contribution is -0.141. The molecule has 2 rings (SSSR count). The Morgan fingerprint density at radius 1 is 1.48 bits per heavy atom. The zero-order valence-corrected chi connectivity index (χ0v) is 12.1. The number of H-pyrrole nitrogens is 1. The van der Waals surface area contributed by atoms with Gasteiger partial charge >= 0.3 is 5.97 Å². The van der Waals surface area contributed by atoms with Crippen LogP contribution in [0.1, 0.15) is 25.0 Å². The van der Waals surface area contributed by atoms with E-state index in [-0.39, 0.29) is 18.6 Å². The number of nitrogens with one attached hydrogen (secondary N) is 2. The zero-order valence-electron chi connectivity index (χ0n) is 11.3. The lowest BCUT2D eigenvalue weighted by atomic mass is 10.1. The summed E-state index contributed by atoms with van der Waals surface area (Å²) in [5, 5.41) is 10.3. The average Bonchev–Trinajstić information content (AvgIpc) is 2.90. The third-order valence-corrected chi connectivity index (χ3v) is 5.64. The Balaban J connectivity index is 2.06. The van der Waals surface area contributed by atoms with Crippen LogP contribution >= 0.6 is 0 Å². The Morgan fingerprint density at radius 2 is 2.24 bits per heavy atom. The largest absolute Gasteiger partial charge is 0.480 e. The molecule has 1 saturated heterocycles. The van der Waals surface area contributed by atoms with Gasteiger partial charge in [-0.2, -0.15) is 0 Å². The molecule has 1 aliphatic heterocycles. The summed E-state index contributed by atoms with van der Waals surface area (Å²) in [7, 11) is -3.48. The van der Waals surface area contributed by atoms with E-state index in [0.717, 1.165) is 0 Å². The maximum atomic E-state index is 12.1. The van der Waals surface area contributed by atoms with Crippen LogP contribution in [-0.4, -0.2) is 52.4 Å². The van der Waals surface area contributed by atoms with Crippen molar-refractivity contribution in [1.29, 1.82) is 0 Å². The number of carboxylic acids is 1. The summed E-state index contributed by atoms with van der Waals surface area (Å²) >= 11 is 0. The predicted octanol–water partition coefficient (Wildman–Crippen LogP) is -0.511. The van der Waals surface area contributed by atoms with Crippen molar-refractivity contribution in [2.75, 3.05) is 5.75 Å². The summed E-state index contributed by atoms with van der Waals surface area (Å²) in [5.41, 5.74) is 0.550. The molecule has 1 amide bonds. The van der Waals surface area contributed by atoms with Gasteiger partial charge in [0.05, 0.1) is 12.1 Å². The number of sulfone groups is 1. The average molecular weight is 315 g/mol. The second kappa shape index (κ2) is 6.25. The number of rotatable bonds is 5. The molecule has 9 heteroatoms. The standard InChI is InChI=1S/C12H17N3O5S/c16-11(10-3-1-2-4-21(10,19)20)15-9(12(17)18)5-8-6-13-7-14-8/h6-7,9-10H,1-5H2,(H,13,14)(H,15,16)(H,17,18)/t9-,10?/m1/s1. The minimum Gasteiger partial charge on any atom is -0.480 e. The van der Waals surface area contributed by atoms with E-state index in [1.54, 1.807) is 0 Å². The van der Waals surface area contributed by atoms with Crippen LogP contribution in [0.4, 0.5) is 0 Å². The second-order valence-corrected chi connectivity index (χ2v) is 7.33. The third kappa shape index (κ3) is 3.81. The van der Waals surface area contributed by atoms with Gasteiger partial charge in [-0.15, -0.1) is 0 Å². The van der Waals surface area contributed by atoms with Gasteiger partial charge in [0.1, 0.15) is 11.3 Å². The molecule has 0 spiro atoms. The molecule has 2 heterocycles. The molecule has 0 aliphatic carbocycles. The molecule has 0 aromatic carbocycles. The molecule has 21 heavy (non-hydrogen) atoms. The van der Waals surface area contributed by atoms with E-state index in [0.29, 0.717) is 18.5 Å². The van der Waals surface area contributed by atoms with Crippen molar-refractivity contribution in [3.05, 3.63) is 18.2 Å². The van der Waals surface area contributed by atoms with Gasteiger partial charge in [0.15, 0.2) is 9.84 Å². The van der Waals surface area contributed by atoms with Gasteiger partial charge in [-0.3, -0.25) is 4.79 Å². The summed E-state index contributed by atoms with van der Waals surface area (Å²) in [6.07, 6.45) is 4.32.